The number of esters is 2. The maximum absolute atomic E-state index is 13.9. The molecule has 3 atom stereocenters. The first-order valence-electron chi connectivity index (χ1n) is 20.6. The molecule has 10 heteroatoms. The number of hydrogen-bond donors (Lipinski definition) is 0. The van der Waals surface area contributed by atoms with Gasteiger partial charge in [-0.15, -0.1) is 11.4 Å². The van der Waals surface area contributed by atoms with Crippen LogP contribution in [-0.2, 0) is 35.6 Å². The van der Waals surface area contributed by atoms with Gasteiger partial charge in [-0.2, -0.15) is 0 Å². The summed E-state index contributed by atoms with van der Waals surface area (Å²) >= 11 is 0. The third-order valence-corrected chi connectivity index (χ3v) is 11.9. The van der Waals surface area contributed by atoms with Crippen molar-refractivity contribution in [2.45, 2.75) is 18.1 Å². The first-order valence-corrected chi connectivity index (χ1v) is 20.6. The average molecular weight is 871 g/mol. The van der Waals surface area contributed by atoms with Crippen molar-refractivity contribution < 1.29 is 35.6 Å². The van der Waals surface area contributed by atoms with Gasteiger partial charge in [-0.3, -0.25) is 4.90 Å². The molecule has 0 amide bonds. The fourth-order valence-electron chi connectivity index (χ4n) is 9.15. The van der Waals surface area contributed by atoms with E-state index in [4.69, 9.17) is 30.1 Å². The maximum atomic E-state index is 13.9. The molecular weight excluding hydrogens is 829 g/mol. The van der Waals surface area contributed by atoms with Crippen LogP contribution in [0, 0.1) is 0 Å². The summed E-state index contributed by atoms with van der Waals surface area (Å²) < 4.78 is 10.6. The van der Waals surface area contributed by atoms with E-state index in [-0.39, 0.29) is 34.2 Å². The van der Waals surface area contributed by atoms with Crippen LogP contribution in [0.2, 0.25) is 0 Å². The number of methoxy groups -OCH3 is 2. The van der Waals surface area contributed by atoms with Gasteiger partial charge in [0.2, 0.25) is 0 Å². The number of aliphatic imine (C=N–C) groups is 2. The van der Waals surface area contributed by atoms with Crippen molar-refractivity contribution in [3.63, 3.8) is 0 Å². The second kappa shape index (κ2) is 17.3. The number of benzene rings is 4. The fourth-order valence-corrected chi connectivity index (χ4v) is 9.15. The minimum absolute atomic E-state index is 0. The monoisotopic (exact) mass is 869 g/mol. The van der Waals surface area contributed by atoms with Gasteiger partial charge in [-0.1, -0.05) is 158 Å². The molecule has 8 bridgehead atoms. The predicted octanol–water partition coefficient (Wildman–Crippen LogP) is 9.62. The zero-order valence-electron chi connectivity index (χ0n) is 34.7. The summed E-state index contributed by atoms with van der Waals surface area (Å²) in [5, 5.41) is 11.0. The van der Waals surface area contributed by atoms with Crippen molar-refractivity contribution in [3.8, 4) is 0 Å². The van der Waals surface area contributed by atoms with Crippen LogP contribution >= 0.6 is 0 Å². The quantitative estimate of drug-likeness (QED) is 0.136. The zero-order chi connectivity index (χ0) is 42.3. The Morgan fingerprint density at radius 1 is 0.603 bits per heavy atom. The van der Waals surface area contributed by atoms with Gasteiger partial charge in [0.1, 0.15) is 0 Å². The van der Waals surface area contributed by atoms with Crippen LogP contribution in [0.4, 0.5) is 0 Å². The molecule has 6 heterocycles. The van der Waals surface area contributed by atoms with Crippen LogP contribution in [0.1, 0.15) is 22.3 Å². The Kier molecular flexibility index (Phi) is 11.3. The molecular formula is C53H41N5NiO4. The van der Waals surface area contributed by atoms with E-state index in [0.29, 0.717) is 11.4 Å². The molecule has 9 nitrogen and oxygen atoms in total. The van der Waals surface area contributed by atoms with Crippen LogP contribution in [-0.4, -0.2) is 74.2 Å². The minimum Gasteiger partial charge on any atom is -0.674 e. The second-order valence-electron chi connectivity index (χ2n) is 15.5. The number of fused-ring (bicyclic) bond motifs is 6. The molecule has 4 aromatic rings. The number of rotatable bonds is 7. The Labute approximate surface area is 376 Å². The Bertz CT molecular complexity index is 2880. The van der Waals surface area contributed by atoms with Crippen LogP contribution in [0.3, 0.4) is 0 Å². The van der Waals surface area contributed by atoms with Gasteiger partial charge >= 0.3 is 28.4 Å². The number of hydrogen-bond acceptors (Lipinski definition) is 7. The van der Waals surface area contributed by atoms with E-state index >= 15 is 0 Å². The number of allylic oxidation sites excluding steroid dienone is 7. The average Bonchev–Trinajstić information content (AvgIpc) is 4.18. The van der Waals surface area contributed by atoms with Gasteiger partial charge in [0, 0.05) is 12.1 Å². The van der Waals surface area contributed by atoms with E-state index < -0.39 is 30.1 Å². The van der Waals surface area contributed by atoms with E-state index in [0.717, 1.165) is 72.9 Å². The minimum atomic E-state index is -0.721. The van der Waals surface area contributed by atoms with Gasteiger partial charge in [0.25, 0.3) is 0 Å². The largest absolute Gasteiger partial charge is 2.00 e. The summed E-state index contributed by atoms with van der Waals surface area (Å²) in [4.78, 5) is 40.2. The molecule has 0 radical (unpaired) electrons. The van der Waals surface area contributed by atoms with Crippen molar-refractivity contribution in [2.75, 3.05) is 27.8 Å². The van der Waals surface area contributed by atoms with Crippen molar-refractivity contribution in [1.29, 1.82) is 0 Å². The van der Waals surface area contributed by atoms with Crippen LogP contribution in [0.15, 0.2) is 213 Å². The second-order valence-corrected chi connectivity index (χ2v) is 15.5. The van der Waals surface area contributed by atoms with Gasteiger partial charge in [0.15, 0.2) is 0 Å². The smallest absolute Gasteiger partial charge is 0.674 e. The molecule has 0 fully saturated rings. The molecule has 312 valence electrons. The number of nitrogens with zero attached hydrogens (tertiary/aromatic N) is 5. The summed E-state index contributed by atoms with van der Waals surface area (Å²) in [7, 11) is 4.54. The van der Waals surface area contributed by atoms with Gasteiger partial charge in [-0.05, 0) is 69.8 Å². The Morgan fingerprint density at radius 2 is 1.10 bits per heavy atom. The summed E-state index contributed by atoms with van der Waals surface area (Å²) in [6.45, 7) is 0.168. The molecule has 2 unspecified atom stereocenters. The molecule has 0 spiro atoms. The van der Waals surface area contributed by atoms with Crippen molar-refractivity contribution in [1.82, 2.24) is 4.90 Å². The molecule has 6 aliphatic rings. The van der Waals surface area contributed by atoms with Crippen LogP contribution < -0.4 is 0 Å². The Balaban J connectivity index is 0.00000504. The van der Waals surface area contributed by atoms with E-state index in [1.165, 1.54) is 14.2 Å². The third kappa shape index (κ3) is 7.41. The summed E-state index contributed by atoms with van der Waals surface area (Å²) in [6, 6.07) is 39.2. The molecule has 6 aliphatic heterocycles. The van der Waals surface area contributed by atoms with Gasteiger partial charge in [0.05, 0.1) is 54.2 Å². The topological polar surface area (TPSA) is 109 Å². The van der Waals surface area contributed by atoms with E-state index in [9.17, 15) is 9.59 Å². The molecule has 0 saturated heterocycles. The van der Waals surface area contributed by atoms with Gasteiger partial charge < -0.3 is 20.1 Å². The molecule has 4 aromatic carbocycles. The first-order chi connectivity index (χ1) is 30.4. The number of carbonyl (C=O) groups excluding carboxylic acids is 2. The molecule has 0 aliphatic carbocycles. The summed E-state index contributed by atoms with van der Waals surface area (Å²) in [5.41, 5.74) is 13.0. The number of likely N-dealkylation sites (N-methyl/N-ethyl adjacent to an activating group) is 1. The summed E-state index contributed by atoms with van der Waals surface area (Å²) in [6.07, 6.45) is 14.6. The zero-order valence-corrected chi connectivity index (χ0v) is 35.7. The van der Waals surface area contributed by atoms with E-state index in [1.54, 1.807) is 0 Å². The van der Waals surface area contributed by atoms with Gasteiger partial charge in [-0.25, -0.2) is 19.6 Å². The molecule has 0 N–H and O–H groups in total. The van der Waals surface area contributed by atoms with Crippen molar-refractivity contribution in [2.24, 2.45) is 9.98 Å². The van der Waals surface area contributed by atoms with Crippen LogP contribution in [0.25, 0.3) is 32.9 Å². The first kappa shape index (κ1) is 41.2. The number of ether oxygens (including phenoxy) is 2. The molecule has 0 aromatic heterocycles. The van der Waals surface area contributed by atoms with Crippen molar-refractivity contribution in [3.05, 3.63) is 236 Å². The Hall–Kier alpha value is -7.13. The molecule has 0 saturated carbocycles. The molecule has 10 rings (SSSR count). The SMILES string of the molecule is COC(=O)C1=C(C(=O)OC)[C@@H](C2=CC3=C(\c4ccccc4)C4C=C/C(=C(\c5ccccc5)C5=N/C(=C(/c6ccccc6)C6C=C/C(=C(c7ccccc7)/C2=N\3)[N-]6)C=C5)[N-]4)N(C)C1.[Ni+2]. The number of carbonyl (C=O) groups is 2. The Morgan fingerprint density at radius 3 is 1.63 bits per heavy atom. The third-order valence-electron chi connectivity index (χ3n) is 11.9. The standard InChI is InChI=1S/C53H41N5O4.Ni/c1-58-31-37(52(59)61-2)49(53(60)62-3)51(58)36-30-44-47(34-20-12-6-13-21-34)42-27-26-40(55-42)45(32-16-8-4-9-17-32)38-24-25-39(54-38)46(33-18-10-5-11-19-33)41-28-29-43(56-41)48(50(36)57-44)35-22-14-7-15-23-35;/h4-30,41-42,51H,31H2,1-3H3;/q-2;+2/b46-39-,47-44-;/t41?,42?,51-;/m1./s1. The van der Waals surface area contributed by atoms with Crippen LogP contribution in [0.5, 0.6) is 0 Å². The summed E-state index contributed by atoms with van der Waals surface area (Å²) in [5.74, 6) is -1.20. The fraction of sp³-hybridized carbons (Fsp3) is 0.132. The normalized spacial score (nSPS) is 25.9. The maximum Gasteiger partial charge on any atom is 2.00 e. The van der Waals surface area contributed by atoms with E-state index in [1.807, 2.05) is 84.7 Å². The predicted molar refractivity (Wildman–Crippen MR) is 246 cm³/mol. The molecule has 63 heavy (non-hydrogen) atoms. The van der Waals surface area contributed by atoms with E-state index in [2.05, 4.69) is 91.1 Å². The van der Waals surface area contributed by atoms with Crippen molar-refractivity contribution >= 4 is 45.7 Å².